The highest BCUT2D eigenvalue weighted by Crippen LogP contribution is 2.25. The largest absolute Gasteiger partial charge is 0.382 e. The van der Waals surface area contributed by atoms with Gasteiger partial charge in [-0.25, -0.2) is 0 Å². The predicted octanol–water partition coefficient (Wildman–Crippen LogP) is 3.22. The van der Waals surface area contributed by atoms with E-state index < -0.39 is 0 Å². The van der Waals surface area contributed by atoms with E-state index in [1.54, 1.807) is 0 Å². The first-order chi connectivity index (χ1) is 7.40. The number of rotatable bonds is 2. The van der Waals surface area contributed by atoms with Crippen molar-refractivity contribution in [3.8, 4) is 11.8 Å². The number of benzene rings is 1. The lowest BCUT2D eigenvalue weighted by molar-refractivity contribution is 0.596. The Kier molecular flexibility index (Phi) is 3.29. The predicted molar refractivity (Wildman–Crippen MR) is 64.9 cm³/mol. The average Bonchev–Trinajstić information content (AvgIpc) is 2.29. The highest BCUT2D eigenvalue weighted by molar-refractivity contribution is 5.53. The quantitative estimate of drug-likeness (QED) is 0.721. The fourth-order valence-corrected chi connectivity index (χ4v) is 2.09. The summed E-state index contributed by atoms with van der Waals surface area (Å²) in [5.41, 5.74) is 2.77. The zero-order valence-electron chi connectivity index (χ0n) is 9.22. The Balaban J connectivity index is 1.95. The van der Waals surface area contributed by atoms with Crippen LogP contribution in [0.4, 0.5) is 5.69 Å². The topological polar surface area (TPSA) is 12.0 Å². The van der Waals surface area contributed by atoms with E-state index >= 15 is 0 Å². The van der Waals surface area contributed by atoms with Gasteiger partial charge in [0.25, 0.3) is 0 Å². The Morgan fingerprint density at radius 3 is 3.13 bits per heavy atom. The summed E-state index contributed by atoms with van der Waals surface area (Å²) in [5, 5.41) is 3.59. The van der Waals surface area contributed by atoms with Crippen molar-refractivity contribution in [3.05, 3.63) is 29.8 Å². The lowest BCUT2D eigenvalue weighted by atomic mass is 9.95. The van der Waals surface area contributed by atoms with Gasteiger partial charge in [0.2, 0.25) is 0 Å². The molecular weight excluding hydrogens is 182 g/mol. The molecule has 0 amide bonds. The molecule has 0 spiro atoms. The summed E-state index contributed by atoms with van der Waals surface area (Å²) in [6.45, 7) is 1.91. The van der Waals surface area contributed by atoms with Crippen molar-refractivity contribution in [1.82, 2.24) is 0 Å². The van der Waals surface area contributed by atoms with E-state index in [4.69, 9.17) is 0 Å². The van der Waals surface area contributed by atoms with Gasteiger partial charge in [-0.1, -0.05) is 18.2 Å². The van der Waals surface area contributed by atoms with E-state index in [2.05, 4.69) is 41.4 Å². The molecule has 1 unspecified atom stereocenters. The molecule has 15 heavy (non-hydrogen) atoms. The van der Waals surface area contributed by atoms with Gasteiger partial charge in [0.15, 0.2) is 0 Å². The number of hydrogen-bond donors (Lipinski definition) is 1. The van der Waals surface area contributed by atoms with E-state index in [9.17, 15) is 0 Å². The second kappa shape index (κ2) is 4.89. The first kappa shape index (κ1) is 10.1. The van der Waals surface area contributed by atoms with E-state index in [-0.39, 0.29) is 0 Å². The highest BCUT2D eigenvalue weighted by atomic mass is 14.9. The first-order valence-corrected chi connectivity index (χ1v) is 5.64. The van der Waals surface area contributed by atoms with Crippen LogP contribution in [-0.4, -0.2) is 6.04 Å². The molecule has 0 radical (unpaired) electrons. The second-order valence-corrected chi connectivity index (χ2v) is 4.00. The van der Waals surface area contributed by atoms with Crippen LogP contribution >= 0.6 is 0 Å². The molecule has 0 saturated carbocycles. The van der Waals surface area contributed by atoms with Gasteiger partial charge in [0, 0.05) is 18.2 Å². The average molecular weight is 199 g/mol. The van der Waals surface area contributed by atoms with Crippen LogP contribution in [0.25, 0.3) is 0 Å². The van der Waals surface area contributed by atoms with Gasteiger partial charge in [-0.05, 0) is 37.8 Å². The Hall–Kier alpha value is -1.42. The zero-order chi connectivity index (χ0) is 10.5. The maximum absolute atomic E-state index is 3.59. The summed E-state index contributed by atoms with van der Waals surface area (Å²) in [4.78, 5) is 0. The summed E-state index contributed by atoms with van der Waals surface area (Å²) in [6.07, 6.45) is 4.61. The molecule has 1 atom stereocenters. The van der Waals surface area contributed by atoms with Crippen molar-refractivity contribution >= 4 is 5.69 Å². The van der Waals surface area contributed by atoms with Gasteiger partial charge < -0.3 is 5.32 Å². The van der Waals surface area contributed by atoms with Crippen LogP contribution in [0.3, 0.4) is 0 Å². The summed E-state index contributed by atoms with van der Waals surface area (Å²) in [7, 11) is 0. The molecule has 1 nitrogen and oxygen atoms in total. The van der Waals surface area contributed by atoms with Crippen LogP contribution in [0.2, 0.25) is 0 Å². The van der Waals surface area contributed by atoms with Gasteiger partial charge in [-0.2, -0.15) is 0 Å². The molecule has 1 heterocycles. The molecule has 1 heteroatoms. The number of anilines is 1. The van der Waals surface area contributed by atoms with Crippen LogP contribution in [0, 0.1) is 11.8 Å². The molecule has 1 aliphatic heterocycles. The molecule has 1 aliphatic rings. The number of aryl methyl sites for hydroxylation is 1. The molecule has 1 aromatic carbocycles. The number of fused-ring (bicyclic) bond motifs is 1. The number of nitrogens with one attached hydrogen (secondary N) is 1. The Morgan fingerprint density at radius 2 is 2.27 bits per heavy atom. The van der Waals surface area contributed by atoms with Crippen LogP contribution in [0.5, 0.6) is 0 Å². The van der Waals surface area contributed by atoms with Crippen molar-refractivity contribution in [1.29, 1.82) is 0 Å². The van der Waals surface area contributed by atoms with Crippen molar-refractivity contribution in [2.75, 3.05) is 5.32 Å². The Morgan fingerprint density at radius 1 is 1.40 bits per heavy atom. The third-order valence-electron chi connectivity index (χ3n) is 2.93. The third kappa shape index (κ3) is 2.53. The van der Waals surface area contributed by atoms with Crippen molar-refractivity contribution in [2.24, 2.45) is 0 Å². The summed E-state index contributed by atoms with van der Waals surface area (Å²) < 4.78 is 0. The van der Waals surface area contributed by atoms with E-state index in [1.807, 2.05) is 6.92 Å². The molecule has 0 saturated heterocycles. The molecule has 1 aromatic rings. The molecule has 0 aromatic heterocycles. The molecule has 0 aliphatic carbocycles. The van der Waals surface area contributed by atoms with Gasteiger partial charge in [0.1, 0.15) is 0 Å². The normalized spacial score (nSPS) is 18.3. The molecule has 1 N–H and O–H groups in total. The summed E-state index contributed by atoms with van der Waals surface area (Å²) in [5.74, 6) is 6.08. The lowest BCUT2D eigenvalue weighted by Crippen LogP contribution is -2.25. The fourth-order valence-electron chi connectivity index (χ4n) is 2.09. The zero-order valence-corrected chi connectivity index (χ0v) is 9.22. The first-order valence-electron chi connectivity index (χ1n) is 5.64. The summed E-state index contributed by atoms with van der Waals surface area (Å²) >= 11 is 0. The highest BCUT2D eigenvalue weighted by Gasteiger charge is 2.15. The standard InChI is InChI=1S/C14H17N/c1-2-3-4-8-13-11-10-12-7-5-6-9-14(12)15-13/h5-7,9,13,15H,4,8,10-11H2,1H3. The van der Waals surface area contributed by atoms with Crippen molar-refractivity contribution < 1.29 is 0 Å². The monoisotopic (exact) mass is 199 g/mol. The van der Waals surface area contributed by atoms with Crippen LogP contribution < -0.4 is 5.32 Å². The minimum Gasteiger partial charge on any atom is -0.382 e. The smallest absolute Gasteiger partial charge is 0.0374 e. The molecule has 2 rings (SSSR count). The number of para-hydroxylation sites is 1. The van der Waals surface area contributed by atoms with Gasteiger partial charge >= 0.3 is 0 Å². The maximum atomic E-state index is 3.59. The van der Waals surface area contributed by atoms with Crippen LogP contribution in [-0.2, 0) is 6.42 Å². The Bertz CT molecular complexity index is 384. The molecular formula is C14H17N. The van der Waals surface area contributed by atoms with Crippen molar-refractivity contribution in [2.45, 2.75) is 38.6 Å². The van der Waals surface area contributed by atoms with E-state index in [0.717, 1.165) is 12.8 Å². The lowest BCUT2D eigenvalue weighted by Gasteiger charge is -2.26. The SMILES string of the molecule is CC#CCCC1CCc2ccccc2N1. The van der Waals surface area contributed by atoms with E-state index in [0.29, 0.717) is 6.04 Å². The minimum absolute atomic E-state index is 0.612. The second-order valence-electron chi connectivity index (χ2n) is 4.00. The minimum atomic E-state index is 0.612. The molecule has 78 valence electrons. The van der Waals surface area contributed by atoms with Gasteiger partial charge in [-0.3, -0.25) is 0 Å². The van der Waals surface area contributed by atoms with Crippen LogP contribution in [0.1, 0.15) is 31.7 Å². The summed E-state index contributed by atoms with van der Waals surface area (Å²) in [6, 6.07) is 9.21. The van der Waals surface area contributed by atoms with Crippen molar-refractivity contribution in [3.63, 3.8) is 0 Å². The maximum Gasteiger partial charge on any atom is 0.0374 e. The molecule has 0 fully saturated rings. The Labute approximate surface area is 91.9 Å². The van der Waals surface area contributed by atoms with E-state index in [1.165, 1.54) is 24.1 Å². The van der Waals surface area contributed by atoms with Gasteiger partial charge in [-0.15, -0.1) is 11.8 Å². The molecule has 0 bridgehead atoms. The fraction of sp³-hybridized carbons (Fsp3) is 0.429. The number of hydrogen-bond acceptors (Lipinski definition) is 1. The van der Waals surface area contributed by atoms with Crippen LogP contribution in [0.15, 0.2) is 24.3 Å². The third-order valence-corrected chi connectivity index (χ3v) is 2.93. The van der Waals surface area contributed by atoms with Gasteiger partial charge in [0.05, 0.1) is 0 Å².